The number of ketones is 1. The molecule has 2 fully saturated rings. The molecule has 3 nitrogen and oxygen atoms in total. The molecule has 0 radical (unpaired) electrons. The van der Waals surface area contributed by atoms with Crippen molar-refractivity contribution in [3.63, 3.8) is 0 Å². The van der Waals surface area contributed by atoms with E-state index in [0.717, 1.165) is 29.6 Å². The third kappa shape index (κ3) is 3.55. The van der Waals surface area contributed by atoms with Crippen molar-refractivity contribution in [1.29, 1.82) is 0 Å². The van der Waals surface area contributed by atoms with Crippen LogP contribution in [0, 0.1) is 23.7 Å². The van der Waals surface area contributed by atoms with Crippen molar-refractivity contribution in [2.24, 2.45) is 23.7 Å². The van der Waals surface area contributed by atoms with Gasteiger partial charge in [0.05, 0.1) is 0 Å². The van der Waals surface area contributed by atoms with Crippen LogP contribution < -0.4 is 0 Å². The lowest BCUT2D eigenvalue weighted by Gasteiger charge is -2.41. The van der Waals surface area contributed by atoms with E-state index in [1.54, 1.807) is 6.08 Å². The van der Waals surface area contributed by atoms with E-state index in [2.05, 4.69) is 20.4 Å². The highest BCUT2D eigenvalue weighted by Gasteiger charge is 2.50. The predicted octanol–water partition coefficient (Wildman–Crippen LogP) is 4.64. The zero-order valence-electron chi connectivity index (χ0n) is 15.6. The fourth-order valence-electron chi connectivity index (χ4n) is 4.16. The number of ether oxygens (including phenoxy) is 1. The van der Waals surface area contributed by atoms with Crippen molar-refractivity contribution in [2.75, 3.05) is 0 Å². The molecule has 2 saturated carbocycles. The first-order valence-electron chi connectivity index (χ1n) is 9.05. The molecule has 0 N–H and O–H groups in total. The van der Waals surface area contributed by atoms with Crippen LogP contribution in [-0.4, -0.2) is 17.9 Å². The zero-order valence-corrected chi connectivity index (χ0v) is 15.6. The summed E-state index contributed by atoms with van der Waals surface area (Å²) in [5.41, 5.74) is 2.87. The predicted molar refractivity (Wildman–Crippen MR) is 96.4 cm³/mol. The van der Waals surface area contributed by atoms with Crippen LogP contribution in [0.5, 0.6) is 0 Å². The molecule has 132 valence electrons. The molecule has 24 heavy (non-hydrogen) atoms. The zero-order chi connectivity index (χ0) is 18.0. The van der Waals surface area contributed by atoms with Crippen molar-refractivity contribution in [3.8, 4) is 0 Å². The first kappa shape index (κ1) is 18.7. The molecule has 0 amide bonds. The first-order valence-corrected chi connectivity index (χ1v) is 9.05. The van der Waals surface area contributed by atoms with Crippen molar-refractivity contribution in [3.05, 3.63) is 35.5 Å². The monoisotopic (exact) mass is 330 g/mol. The minimum atomic E-state index is -0.294. The lowest BCUT2D eigenvalue weighted by atomic mass is 9.65. The Morgan fingerprint density at radius 3 is 2.62 bits per heavy atom. The highest BCUT2D eigenvalue weighted by Crippen LogP contribution is 2.51. The van der Waals surface area contributed by atoms with Gasteiger partial charge in [-0.15, -0.1) is 0 Å². The van der Waals surface area contributed by atoms with E-state index in [-0.39, 0.29) is 29.7 Å². The topological polar surface area (TPSA) is 43.4 Å². The van der Waals surface area contributed by atoms with Gasteiger partial charge >= 0.3 is 5.97 Å². The van der Waals surface area contributed by atoms with Crippen LogP contribution in [0.2, 0.25) is 0 Å². The number of esters is 1. The molecule has 2 aliphatic carbocycles. The van der Waals surface area contributed by atoms with Gasteiger partial charge in [0.2, 0.25) is 0 Å². The lowest BCUT2D eigenvalue weighted by molar-refractivity contribution is -0.143. The molecule has 0 spiro atoms. The van der Waals surface area contributed by atoms with E-state index in [9.17, 15) is 9.59 Å². The molecule has 0 bridgehead atoms. The quantitative estimate of drug-likeness (QED) is 0.428. The molecule has 3 heteroatoms. The lowest BCUT2D eigenvalue weighted by Crippen LogP contribution is -2.39. The van der Waals surface area contributed by atoms with Gasteiger partial charge in [-0.25, -0.2) is 4.79 Å². The van der Waals surface area contributed by atoms with E-state index >= 15 is 0 Å². The van der Waals surface area contributed by atoms with Crippen LogP contribution in [0.1, 0.15) is 53.9 Å². The van der Waals surface area contributed by atoms with Crippen molar-refractivity contribution >= 4 is 11.8 Å². The number of hydrogen-bond donors (Lipinski definition) is 0. The highest BCUT2D eigenvalue weighted by atomic mass is 16.5. The Morgan fingerprint density at radius 1 is 1.42 bits per heavy atom. The smallest absolute Gasteiger partial charge is 0.331 e. The van der Waals surface area contributed by atoms with Crippen LogP contribution in [0.15, 0.2) is 35.5 Å². The second-order valence-electron chi connectivity index (χ2n) is 7.49. The molecule has 0 aromatic heterocycles. The number of fused-ring (bicyclic) bond motifs is 1. The number of carbonyl (C=O) groups is 2. The number of Topliss-reactive ketones (excluding diaryl/α,β-unsaturated/α-hetero) is 1. The molecule has 0 aliphatic heterocycles. The van der Waals surface area contributed by atoms with Gasteiger partial charge in [0.25, 0.3) is 0 Å². The number of carbonyl (C=O) groups excluding carboxylic acids is 2. The molecule has 1 unspecified atom stereocenters. The number of allylic oxidation sites excluding steroid dienone is 3. The summed E-state index contributed by atoms with van der Waals surface area (Å²) in [5, 5.41) is 0. The normalized spacial score (nSPS) is 32.4. The Kier molecular flexibility index (Phi) is 5.84. The fraction of sp³-hybridized carbons (Fsp3) is 0.619. The van der Waals surface area contributed by atoms with E-state index in [1.165, 1.54) is 0 Å². The van der Waals surface area contributed by atoms with Crippen LogP contribution in [0.4, 0.5) is 0 Å². The van der Waals surface area contributed by atoms with Gasteiger partial charge < -0.3 is 4.74 Å². The second-order valence-corrected chi connectivity index (χ2v) is 7.49. The average Bonchev–Trinajstić information content (AvgIpc) is 2.86. The van der Waals surface area contributed by atoms with Crippen LogP contribution >= 0.6 is 0 Å². The Labute approximate surface area is 145 Å². The van der Waals surface area contributed by atoms with Gasteiger partial charge in [0.1, 0.15) is 6.10 Å². The molecule has 2 rings (SSSR count). The molecular weight excluding hydrogens is 300 g/mol. The molecule has 0 heterocycles. The van der Waals surface area contributed by atoms with Crippen molar-refractivity contribution in [2.45, 2.75) is 60.0 Å². The second kappa shape index (κ2) is 7.50. The first-order chi connectivity index (χ1) is 11.3. The van der Waals surface area contributed by atoms with Gasteiger partial charge in [-0.05, 0) is 61.5 Å². The molecule has 2 aliphatic rings. The Balaban J connectivity index is 2.24. The SMILES string of the molecule is C=C1[C@@H](OC(=O)/C=C(\C)CC)CC(C(C)C)[C@@H]2/C(=C/C)C(=O)C[C@@H]12. The van der Waals surface area contributed by atoms with Gasteiger partial charge in [-0.2, -0.15) is 0 Å². The summed E-state index contributed by atoms with van der Waals surface area (Å²) in [6.45, 7) is 14.5. The Hall–Kier alpha value is -1.64. The number of rotatable bonds is 4. The summed E-state index contributed by atoms with van der Waals surface area (Å²) in [6.07, 6.45) is 5.35. The van der Waals surface area contributed by atoms with Crippen LogP contribution in [-0.2, 0) is 14.3 Å². The largest absolute Gasteiger partial charge is 0.455 e. The van der Waals surface area contributed by atoms with Gasteiger partial charge in [0, 0.05) is 12.5 Å². The van der Waals surface area contributed by atoms with E-state index in [4.69, 9.17) is 4.74 Å². The van der Waals surface area contributed by atoms with Crippen molar-refractivity contribution in [1.82, 2.24) is 0 Å². The Morgan fingerprint density at radius 2 is 2.08 bits per heavy atom. The minimum Gasteiger partial charge on any atom is -0.455 e. The molecule has 0 aromatic carbocycles. The maximum Gasteiger partial charge on any atom is 0.331 e. The van der Waals surface area contributed by atoms with Crippen molar-refractivity contribution < 1.29 is 14.3 Å². The standard InChI is InChI=1S/C21H30O3/c1-7-13(5)9-20(23)24-19-11-16(12(3)4)21-15(8-2)18(22)10-17(21)14(19)6/h8-9,12,16-17,19,21H,6-7,10-11H2,1-5H3/b13-9+,15-8+/t16?,17-,19-,21-/m0/s1. The Bertz CT molecular complexity index is 594. The third-order valence-corrected chi connectivity index (χ3v) is 5.70. The molecule has 4 atom stereocenters. The third-order valence-electron chi connectivity index (χ3n) is 5.70. The van der Waals surface area contributed by atoms with Gasteiger partial charge in [0.15, 0.2) is 5.78 Å². The fourth-order valence-corrected chi connectivity index (χ4v) is 4.16. The minimum absolute atomic E-state index is 0.110. The maximum absolute atomic E-state index is 12.4. The van der Waals surface area contributed by atoms with Crippen LogP contribution in [0.3, 0.4) is 0 Å². The van der Waals surface area contributed by atoms with Gasteiger partial charge in [-0.1, -0.05) is 39.0 Å². The summed E-state index contributed by atoms with van der Waals surface area (Å²) in [6, 6.07) is 0. The average molecular weight is 330 g/mol. The maximum atomic E-state index is 12.4. The van der Waals surface area contributed by atoms with Gasteiger partial charge in [-0.3, -0.25) is 4.79 Å². The summed E-state index contributed by atoms with van der Waals surface area (Å²) in [7, 11) is 0. The van der Waals surface area contributed by atoms with E-state index in [1.807, 2.05) is 26.8 Å². The summed E-state index contributed by atoms with van der Waals surface area (Å²) in [4.78, 5) is 24.5. The number of hydrogen-bond acceptors (Lipinski definition) is 3. The summed E-state index contributed by atoms with van der Waals surface area (Å²) in [5.74, 6) is 1.05. The van der Waals surface area contributed by atoms with Crippen LogP contribution in [0.25, 0.3) is 0 Å². The van der Waals surface area contributed by atoms with E-state index in [0.29, 0.717) is 18.3 Å². The molecule has 0 aromatic rings. The molecule has 0 saturated heterocycles. The highest BCUT2D eigenvalue weighted by molar-refractivity contribution is 5.99. The summed E-state index contributed by atoms with van der Waals surface area (Å²) < 4.78 is 5.72. The summed E-state index contributed by atoms with van der Waals surface area (Å²) >= 11 is 0. The molecular formula is C21H30O3. The van der Waals surface area contributed by atoms with E-state index < -0.39 is 0 Å².